The van der Waals surface area contributed by atoms with Gasteiger partial charge >= 0.3 is 0 Å². The first-order valence-corrected chi connectivity index (χ1v) is 6.36. The second-order valence-corrected chi connectivity index (χ2v) is 4.94. The average Bonchev–Trinajstić information content (AvgIpc) is 2.32. The predicted octanol–water partition coefficient (Wildman–Crippen LogP) is 3.76. The van der Waals surface area contributed by atoms with Crippen LogP contribution in [0.3, 0.4) is 0 Å². The van der Waals surface area contributed by atoms with E-state index < -0.39 is 0 Å². The minimum atomic E-state index is -0.140. The summed E-state index contributed by atoms with van der Waals surface area (Å²) in [4.78, 5) is 13.9. The highest BCUT2D eigenvalue weighted by molar-refractivity contribution is 6.42. The summed E-state index contributed by atoms with van der Waals surface area (Å²) in [5.74, 6) is -0.140. The van der Waals surface area contributed by atoms with Crippen LogP contribution in [0.4, 0.5) is 0 Å². The summed E-state index contributed by atoms with van der Waals surface area (Å²) in [5, 5.41) is 9.37. The van der Waals surface area contributed by atoms with E-state index in [-0.39, 0.29) is 11.9 Å². The highest BCUT2D eigenvalue weighted by Gasteiger charge is 2.18. The van der Waals surface area contributed by atoms with Gasteiger partial charge in [-0.1, -0.05) is 23.2 Å². The molecule has 0 N–H and O–H groups in total. The van der Waals surface area contributed by atoms with E-state index in [4.69, 9.17) is 28.5 Å². The second-order valence-electron chi connectivity index (χ2n) is 4.13. The third-order valence-corrected chi connectivity index (χ3v) is 3.25. The Bertz CT molecular complexity index is 480. The van der Waals surface area contributed by atoms with Gasteiger partial charge in [-0.2, -0.15) is 5.26 Å². The fourth-order valence-electron chi connectivity index (χ4n) is 1.56. The Kier molecular flexibility index (Phi) is 5.46. The van der Waals surface area contributed by atoms with Crippen molar-refractivity contribution in [2.45, 2.75) is 26.3 Å². The van der Waals surface area contributed by atoms with E-state index >= 15 is 0 Å². The van der Waals surface area contributed by atoms with Crippen LogP contribution in [0.15, 0.2) is 18.2 Å². The first-order valence-electron chi connectivity index (χ1n) is 5.60. The first-order chi connectivity index (χ1) is 8.47. The topological polar surface area (TPSA) is 44.1 Å². The quantitative estimate of drug-likeness (QED) is 0.845. The van der Waals surface area contributed by atoms with Crippen molar-refractivity contribution < 1.29 is 4.79 Å². The van der Waals surface area contributed by atoms with Gasteiger partial charge in [-0.15, -0.1) is 0 Å². The summed E-state index contributed by atoms with van der Waals surface area (Å²) >= 11 is 11.7. The number of halogens is 2. The van der Waals surface area contributed by atoms with Crippen LogP contribution in [0.25, 0.3) is 0 Å². The van der Waals surface area contributed by atoms with E-state index in [0.29, 0.717) is 28.6 Å². The van der Waals surface area contributed by atoms with Crippen LogP contribution in [0.1, 0.15) is 30.6 Å². The molecule has 0 fully saturated rings. The minimum Gasteiger partial charge on any atom is -0.335 e. The molecule has 96 valence electrons. The van der Waals surface area contributed by atoms with Gasteiger partial charge in [-0.25, -0.2) is 0 Å². The van der Waals surface area contributed by atoms with Crippen LogP contribution in [0.2, 0.25) is 10.0 Å². The van der Waals surface area contributed by atoms with Crippen LogP contribution in [0, 0.1) is 11.3 Å². The van der Waals surface area contributed by atoms with Crippen molar-refractivity contribution in [2.75, 3.05) is 6.54 Å². The fourth-order valence-corrected chi connectivity index (χ4v) is 1.86. The third kappa shape index (κ3) is 3.63. The molecular weight excluding hydrogens is 271 g/mol. The van der Waals surface area contributed by atoms with Crippen LogP contribution in [-0.4, -0.2) is 23.4 Å². The van der Waals surface area contributed by atoms with E-state index in [9.17, 15) is 4.79 Å². The van der Waals surface area contributed by atoms with Crippen molar-refractivity contribution in [1.29, 1.82) is 5.26 Å². The van der Waals surface area contributed by atoms with Crippen molar-refractivity contribution >= 4 is 29.1 Å². The maximum atomic E-state index is 12.3. The van der Waals surface area contributed by atoms with Gasteiger partial charge in [0.2, 0.25) is 0 Å². The van der Waals surface area contributed by atoms with Crippen molar-refractivity contribution in [1.82, 2.24) is 4.90 Å². The van der Waals surface area contributed by atoms with Gasteiger partial charge in [-0.3, -0.25) is 4.79 Å². The molecule has 1 amide bonds. The lowest BCUT2D eigenvalue weighted by Crippen LogP contribution is -2.37. The number of amides is 1. The lowest BCUT2D eigenvalue weighted by molar-refractivity contribution is 0.0710. The molecule has 0 aliphatic rings. The number of rotatable bonds is 4. The van der Waals surface area contributed by atoms with Gasteiger partial charge < -0.3 is 4.90 Å². The molecule has 18 heavy (non-hydrogen) atoms. The van der Waals surface area contributed by atoms with Gasteiger partial charge in [0.25, 0.3) is 5.91 Å². The normalized spacial score (nSPS) is 10.2. The van der Waals surface area contributed by atoms with Crippen molar-refractivity contribution in [3.63, 3.8) is 0 Å². The molecular formula is C13H14Cl2N2O. The van der Waals surface area contributed by atoms with Gasteiger partial charge in [0, 0.05) is 18.2 Å². The number of carbonyl (C=O) groups is 1. The largest absolute Gasteiger partial charge is 0.335 e. The van der Waals surface area contributed by atoms with E-state index in [1.165, 1.54) is 0 Å². The zero-order valence-corrected chi connectivity index (χ0v) is 11.8. The molecule has 0 unspecified atom stereocenters. The Balaban J connectivity index is 2.95. The number of hydrogen-bond donors (Lipinski definition) is 0. The Labute approximate surface area is 117 Å². The summed E-state index contributed by atoms with van der Waals surface area (Å²) in [5.41, 5.74) is 0.482. The molecule has 0 atom stereocenters. The van der Waals surface area contributed by atoms with Gasteiger partial charge in [0.05, 0.1) is 22.5 Å². The Morgan fingerprint density at radius 3 is 2.56 bits per heavy atom. The molecule has 1 rings (SSSR count). The molecule has 5 heteroatoms. The molecule has 0 saturated heterocycles. The highest BCUT2D eigenvalue weighted by atomic mass is 35.5. The molecule has 1 aromatic carbocycles. The van der Waals surface area contributed by atoms with Crippen LogP contribution in [0.5, 0.6) is 0 Å². The maximum Gasteiger partial charge on any atom is 0.254 e. The van der Waals surface area contributed by atoms with E-state index in [1.807, 2.05) is 19.9 Å². The highest BCUT2D eigenvalue weighted by Crippen LogP contribution is 2.23. The van der Waals surface area contributed by atoms with Gasteiger partial charge in [0.1, 0.15) is 0 Å². The predicted molar refractivity (Wildman–Crippen MR) is 72.9 cm³/mol. The maximum absolute atomic E-state index is 12.3. The van der Waals surface area contributed by atoms with Crippen molar-refractivity contribution in [3.05, 3.63) is 33.8 Å². The van der Waals surface area contributed by atoms with Gasteiger partial charge in [-0.05, 0) is 32.0 Å². The van der Waals surface area contributed by atoms with E-state index in [1.54, 1.807) is 23.1 Å². The zero-order chi connectivity index (χ0) is 13.7. The molecule has 1 aromatic rings. The average molecular weight is 285 g/mol. The molecule has 0 aliphatic carbocycles. The molecule has 0 spiro atoms. The molecule has 0 heterocycles. The van der Waals surface area contributed by atoms with Crippen LogP contribution >= 0.6 is 23.2 Å². The summed E-state index contributed by atoms with van der Waals surface area (Å²) in [6.45, 7) is 4.23. The lowest BCUT2D eigenvalue weighted by Gasteiger charge is -2.26. The van der Waals surface area contributed by atoms with Crippen molar-refractivity contribution in [3.8, 4) is 6.07 Å². The Morgan fingerprint density at radius 1 is 1.39 bits per heavy atom. The monoisotopic (exact) mass is 284 g/mol. The SMILES string of the molecule is CC(C)N(CCC#N)C(=O)c1ccc(Cl)c(Cl)c1. The summed E-state index contributed by atoms with van der Waals surface area (Å²) < 4.78 is 0. The number of hydrogen-bond acceptors (Lipinski definition) is 2. The zero-order valence-electron chi connectivity index (χ0n) is 10.3. The number of nitrogens with zero attached hydrogens (tertiary/aromatic N) is 2. The minimum absolute atomic E-state index is 0.0281. The summed E-state index contributed by atoms with van der Waals surface area (Å²) in [7, 11) is 0. The molecule has 0 radical (unpaired) electrons. The fraction of sp³-hybridized carbons (Fsp3) is 0.385. The van der Waals surface area contributed by atoms with Crippen molar-refractivity contribution in [2.24, 2.45) is 0 Å². The second kappa shape index (κ2) is 6.63. The Morgan fingerprint density at radius 2 is 2.06 bits per heavy atom. The molecule has 0 aliphatic heterocycles. The molecule has 0 bridgehead atoms. The van der Waals surface area contributed by atoms with Crippen LogP contribution < -0.4 is 0 Å². The first kappa shape index (κ1) is 14.8. The van der Waals surface area contributed by atoms with Gasteiger partial charge in [0.15, 0.2) is 0 Å². The smallest absolute Gasteiger partial charge is 0.254 e. The Hall–Kier alpha value is -1.24. The number of carbonyl (C=O) groups excluding carboxylic acids is 1. The molecule has 0 aromatic heterocycles. The summed E-state index contributed by atoms with van der Waals surface area (Å²) in [6.07, 6.45) is 0.311. The van der Waals surface area contributed by atoms with E-state index in [2.05, 4.69) is 0 Å². The standard InChI is InChI=1S/C13H14Cl2N2O/c1-9(2)17(7-3-6-16)13(18)10-4-5-11(14)12(15)8-10/h4-5,8-9H,3,7H2,1-2H3. The number of nitriles is 1. The van der Waals surface area contributed by atoms with Crippen LogP contribution in [-0.2, 0) is 0 Å². The number of benzene rings is 1. The van der Waals surface area contributed by atoms with E-state index in [0.717, 1.165) is 0 Å². The molecule has 3 nitrogen and oxygen atoms in total. The molecule has 0 saturated carbocycles. The summed E-state index contributed by atoms with van der Waals surface area (Å²) in [6, 6.07) is 6.85. The lowest BCUT2D eigenvalue weighted by atomic mass is 10.1. The third-order valence-electron chi connectivity index (χ3n) is 2.52.